The Morgan fingerprint density at radius 1 is 1.11 bits per heavy atom. The molecular formula is C17H29NO. The zero-order valence-electron chi connectivity index (χ0n) is 13.0. The number of carbonyl (C=O) groups is 1. The smallest absolute Gasteiger partial charge is 0.226 e. The molecule has 0 aromatic heterocycles. The van der Waals surface area contributed by atoms with Crippen molar-refractivity contribution in [2.24, 2.45) is 5.92 Å². The van der Waals surface area contributed by atoms with E-state index in [1.54, 1.807) is 0 Å². The molecule has 1 amide bonds. The maximum atomic E-state index is 12.2. The van der Waals surface area contributed by atoms with Crippen LogP contribution in [0.25, 0.3) is 0 Å². The fraction of sp³-hybridized carbons (Fsp3) is 0.706. The average Bonchev–Trinajstić information content (AvgIpc) is 3.14. The Morgan fingerprint density at radius 2 is 1.68 bits per heavy atom. The van der Waals surface area contributed by atoms with Crippen LogP contribution in [0, 0.1) is 5.92 Å². The number of rotatable bonds is 7. The van der Waals surface area contributed by atoms with Gasteiger partial charge in [0, 0.05) is 18.0 Å². The van der Waals surface area contributed by atoms with Gasteiger partial charge in [-0.1, -0.05) is 31.2 Å². The van der Waals surface area contributed by atoms with Gasteiger partial charge < -0.3 is 4.90 Å². The van der Waals surface area contributed by atoms with Crippen LogP contribution in [0.2, 0.25) is 0 Å². The van der Waals surface area contributed by atoms with Gasteiger partial charge in [0.1, 0.15) is 0 Å². The van der Waals surface area contributed by atoms with Crippen molar-refractivity contribution in [1.29, 1.82) is 0 Å². The fourth-order valence-corrected chi connectivity index (χ4v) is 2.02. The van der Waals surface area contributed by atoms with Crippen LogP contribution in [0.1, 0.15) is 59.8 Å². The maximum absolute atomic E-state index is 12.2. The molecule has 0 aromatic carbocycles. The van der Waals surface area contributed by atoms with Gasteiger partial charge in [-0.3, -0.25) is 4.79 Å². The van der Waals surface area contributed by atoms with E-state index in [2.05, 4.69) is 52.0 Å². The van der Waals surface area contributed by atoms with Gasteiger partial charge in [-0.05, 0) is 52.9 Å². The van der Waals surface area contributed by atoms with E-state index in [0.717, 1.165) is 38.6 Å². The maximum Gasteiger partial charge on any atom is 0.226 e. The molecule has 1 rings (SSSR count). The molecule has 1 fully saturated rings. The highest BCUT2D eigenvalue weighted by atomic mass is 16.2. The van der Waals surface area contributed by atoms with E-state index in [4.69, 9.17) is 0 Å². The molecule has 1 saturated carbocycles. The molecule has 1 aliphatic rings. The third kappa shape index (κ3) is 6.09. The third-order valence-corrected chi connectivity index (χ3v) is 3.36. The minimum absolute atomic E-state index is 0.0773. The van der Waals surface area contributed by atoms with E-state index < -0.39 is 0 Å². The zero-order valence-corrected chi connectivity index (χ0v) is 13.0. The van der Waals surface area contributed by atoms with Crippen molar-refractivity contribution in [2.75, 3.05) is 6.54 Å². The fourth-order valence-electron chi connectivity index (χ4n) is 2.02. The van der Waals surface area contributed by atoms with E-state index in [-0.39, 0.29) is 5.54 Å². The number of unbranched alkanes of at least 4 members (excludes halogenated alkanes) is 1. The first-order chi connectivity index (χ1) is 8.96. The molecule has 0 atom stereocenters. The number of allylic oxidation sites excluding steroid dienone is 3. The van der Waals surface area contributed by atoms with Crippen LogP contribution in [0.5, 0.6) is 0 Å². The van der Waals surface area contributed by atoms with Crippen LogP contribution in [0.15, 0.2) is 24.3 Å². The van der Waals surface area contributed by atoms with Crippen molar-refractivity contribution in [3.63, 3.8) is 0 Å². The minimum Gasteiger partial charge on any atom is -0.334 e. The van der Waals surface area contributed by atoms with E-state index in [1.807, 2.05) is 4.90 Å². The summed E-state index contributed by atoms with van der Waals surface area (Å²) in [5, 5.41) is 0. The van der Waals surface area contributed by atoms with Gasteiger partial charge in [-0.15, -0.1) is 0 Å². The summed E-state index contributed by atoms with van der Waals surface area (Å²) >= 11 is 0. The Morgan fingerprint density at radius 3 is 2.16 bits per heavy atom. The largest absolute Gasteiger partial charge is 0.334 e. The van der Waals surface area contributed by atoms with Crippen molar-refractivity contribution >= 4 is 5.91 Å². The molecule has 0 aromatic rings. The molecule has 0 spiro atoms. The highest BCUT2D eigenvalue weighted by molar-refractivity contribution is 5.81. The van der Waals surface area contributed by atoms with Gasteiger partial charge in [0.25, 0.3) is 0 Å². The Bertz CT molecular complexity index is 332. The topological polar surface area (TPSA) is 20.3 Å². The standard InChI is InChI=1S/C17H29NO/c1-5-6-7-8-9-10-11-14-18(17(2,3)4)16(19)15-12-13-15/h6-7,10-11,15H,5,8-9,12-14H2,1-4H3/b7-6-,11-10+. The molecular weight excluding hydrogens is 234 g/mol. The molecule has 1 aliphatic carbocycles. The lowest BCUT2D eigenvalue weighted by Crippen LogP contribution is -2.46. The quantitative estimate of drug-likeness (QED) is 0.494. The SMILES string of the molecule is CC/C=C\CC/C=C/CN(C(=O)C1CC1)C(C)(C)C. The second-order valence-electron chi connectivity index (χ2n) is 6.32. The molecule has 0 radical (unpaired) electrons. The van der Waals surface area contributed by atoms with Crippen LogP contribution in [0.3, 0.4) is 0 Å². The van der Waals surface area contributed by atoms with E-state index in [9.17, 15) is 4.79 Å². The Hall–Kier alpha value is -1.05. The predicted octanol–water partition coefficient (Wildman–Crippen LogP) is 4.33. The lowest BCUT2D eigenvalue weighted by molar-refractivity contribution is -0.136. The van der Waals surface area contributed by atoms with Crippen LogP contribution < -0.4 is 0 Å². The summed E-state index contributed by atoms with van der Waals surface area (Å²) in [6.45, 7) is 9.24. The van der Waals surface area contributed by atoms with Gasteiger partial charge in [-0.25, -0.2) is 0 Å². The zero-order chi connectivity index (χ0) is 14.3. The van der Waals surface area contributed by atoms with Crippen molar-refractivity contribution in [2.45, 2.75) is 65.3 Å². The number of nitrogens with zero attached hydrogens (tertiary/aromatic N) is 1. The molecule has 2 nitrogen and oxygen atoms in total. The third-order valence-electron chi connectivity index (χ3n) is 3.36. The monoisotopic (exact) mass is 263 g/mol. The van der Waals surface area contributed by atoms with Gasteiger partial charge in [0.15, 0.2) is 0 Å². The highest BCUT2D eigenvalue weighted by Gasteiger charge is 2.36. The van der Waals surface area contributed by atoms with Crippen LogP contribution in [-0.2, 0) is 4.79 Å². The van der Waals surface area contributed by atoms with Crippen LogP contribution in [0.4, 0.5) is 0 Å². The van der Waals surface area contributed by atoms with Crippen molar-refractivity contribution < 1.29 is 4.79 Å². The first kappa shape index (κ1) is 16.0. The molecule has 108 valence electrons. The van der Waals surface area contributed by atoms with E-state index >= 15 is 0 Å². The summed E-state index contributed by atoms with van der Waals surface area (Å²) < 4.78 is 0. The minimum atomic E-state index is -0.0773. The summed E-state index contributed by atoms with van der Waals surface area (Å²) in [6.07, 6.45) is 14.2. The number of amides is 1. The lowest BCUT2D eigenvalue weighted by Gasteiger charge is -2.35. The van der Waals surface area contributed by atoms with Crippen molar-refractivity contribution in [3.05, 3.63) is 24.3 Å². The normalized spacial score (nSPS) is 16.4. The van der Waals surface area contributed by atoms with Gasteiger partial charge in [0.05, 0.1) is 0 Å². The molecule has 0 saturated heterocycles. The van der Waals surface area contributed by atoms with Crippen LogP contribution >= 0.6 is 0 Å². The second-order valence-corrected chi connectivity index (χ2v) is 6.32. The van der Waals surface area contributed by atoms with E-state index in [1.165, 1.54) is 0 Å². The number of carbonyl (C=O) groups excluding carboxylic acids is 1. The van der Waals surface area contributed by atoms with Crippen molar-refractivity contribution in [1.82, 2.24) is 4.90 Å². The average molecular weight is 263 g/mol. The summed E-state index contributed by atoms with van der Waals surface area (Å²) in [5.41, 5.74) is -0.0773. The van der Waals surface area contributed by atoms with Gasteiger partial charge in [-0.2, -0.15) is 0 Å². The molecule has 0 aliphatic heterocycles. The van der Waals surface area contributed by atoms with Gasteiger partial charge in [0.2, 0.25) is 5.91 Å². The summed E-state index contributed by atoms with van der Waals surface area (Å²) in [5.74, 6) is 0.642. The number of hydrogen-bond acceptors (Lipinski definition) is 1. The molecule has 0 heterocycles. The van der Waals surface area contributed by atoms with Crippen molar-refractivity contribution in [3.8, 4) is 0 Å². The molecule has 0 bridgehead atoms. The summed E-state index contributed by atoms with van der Waals surface area (Å²) in [7, 11) is 0. The second kappa shape index (κ2) is 7.52. The first-order valence-electron chi connectivity index (χ1n) is 7.58. The Balaban J connectivity index is 2.38. The van der Waals surface area contributed by atoms with Crippen LogP contribution in [-0.4, -0.2) is 22.9 Å². The molecule has 2 heteroatoms. The summed E-state index contributed by atoms with van der Waals surface area (Å²) in [6, 6.07) is 0. The first-order valence-corrected chi connectivity index (χ1v) is 7.58. The highest BCUT2D eigenvalue weighted by Crippen LogP contribution is 2.33. The molecule has 0 N–H and O–H groups in total. The summed E-state index contributed by atoms with van der Waals surface area (Å²) in [4.78, 5) is 14.3. The predicted molar refractivity (Wildman–Crippen MR) is 82.0 cm³/mol. The molecule has 19 heavy (non-hydrogen) atoms. The lowest BCUT2D eigenvalue weighted by atomic mass is 10.0. The van der Waals surface area contributed by atoms with E-state index in [0.29, 0.717) is 11.8 Å². The van der Waals surface area contributed by atoms with Gasteiger partial charge >= 0.3 is 0 Å². The number of hydrogen-bond donors (Lipinski definition) is 0. The molecule has 0 unspecified atom stereocenters. The Kier molecular flexibility index (Phi) is 6.33. The Labute approximate surface area is 118 Å².